The Labute approximate surface area is 225 Å². The van der Waals surface area contributed by atoms with Crippen LogP contribution in [0.2, 0.25) is 0 Å². The van der Waals surface area contributed by atoms with Crippen molar-refractivity contribution in [3.8, 4) is 22.6 Å². The van der Waals surface area contributed by atoms with Gasteiger partial charge in [-0.2, -0.15) is 10.2 Å². The first-order valence-electron chi connectivity index (χ1n) is 13.2. The zero-order chi connectivity index (χ0) is 27.9. The molecule has 3 aromatic rings. The summed E-state index contributed by atoms with van der Waals surface area (Å²) in [6.45, 7) is 14.7. The van der Waals surface area contributed by atoms with Crippen molar-refractivity contribution in [2.45, 2.75) is 91.2 Å². The number of benzene rings is 1. The summed E-state index contributed by atoms with van der Waals surface area (Å²) >= 11 is 0. The molecule has 206 valence electrons. The van der Waals surface area contributed by atoms with E-state index in [1.54, 1.807) is 39.0 Å². The Kier molecular flexibility index (Phi) is 7.60. The normalized spacial score (nSPS) is 15.3. The van der Waals surface area contributed by atoms with Crippen molar-refractivity contribution in [3.63, 3.8) is 0 Å². The van der Waals surface area contributed by atoms with Gasteiger partial charge in [-0.15, -0.1) is 0 Å². The van der Waals surface area contributed by atoms with Gasteiger partial charge in [-0.1, -0.05) is 19.9 Å². The number of H-pyrrole nitrogens is 1. The SMILES string of the molecule is CCn1nc(-c2cc(-c3ccc(S(=O)(=O)NCCC(=O)OC(C)(C)C)cc3C)n[nH]2)c2c1CC(C)(C)CC2. The molecule has 38 heavy (non-hydrogen) atoms. The number of fused-ring (bicyclic) bond motifs is 1. The minimum atomic E-state index is -3.78. The molecule has 0 atom stereocenters. The molecule has 2 heterocycles. The number of ether oxygens (including phenoxy) is 1. The molecule has 1 aliphatic carbocycles. The Morgan fingerprint density at radius 3 is 2.63 bits per heavy atom. The number of aromatic nitrogens is 4. The average Bonchev–Trinajstić information content (AvgIpc) is 3.41. The van der Waals surface area contributed by atoms with Gasteiger partial charge in [0.15, 0.2) is 0 Å². The fraction of sp³-hybridized carbons (Fsp3) is 0.536. The van der Waals surface area contributed by atoms with Crippen LogP contribution in [0.1, 0.15) is 71.2 Å². The number of carbonyl (C=O) groups is 1. The molecule has 0 amide bonds. The van der Waals surface area contributed by atoms with Crippen LogP contribution in [0.25, 0.3) is 22.6 Å². The van der Waals surface area contributed by atoms with Crippen molar-refractivity contribution in [2.24, 2.45) is 5.41 Å². The van der Waals surface area contributed by atoms with Crippen LogP contribution in [0, 0.1) is 12.3 Å². The van der Waals surface area contributed by atoms with Gasteiger partial charge < -0.3 is 4.74 Å². The fourth-order valence-electron chi connectivity index (χ4n) is 4.91. The summed E-state index contributed by atoms with van der Waals surface area (Å²) in [6.07, 6.45) is 3.06. The van der Waals surface area contributed by atoms with Gasteiger partial charge in [0, 0.05) is 29.9 Å². The lowest BCUT2D eigenvalue weighted by Crippen LogP contribution is -2.29. The zero-order valence-electron chi connectivity index (χ0n) is 23.4. The molecule has 0 spiro atoms. The number of sulfonamides is 1. The molecule has 0 fully saturated rings. The molecule has 9 nitrogen and oxygen atoms in total. The van der Waals surface area contributed by atoms with Gasteiger partial charge in [-0.05, 0) is 83.1 Å². The summed E-state index contributed by atoms with van der Waals surface area (Å²) in [5, 5.41) is 12.6. The van der Waals surface area contributed by atoms with Crippen molar-refractivity contribution < 1.29 is 17.9 Å². The van der Waals surface area contributed by atoms with E-state index in [9.17, 15) is 13.2 Å². The fourth-order valence-corrected chi connectivity index (χ4v) is 6.03. The first kappa shape index (κ1) is 28.0. The molecule has 0 bridgehead atoms. The van der Waals surface area contributed by atoms with Crippen LogP contribution in [0.15, 0.2) is 29.2 Å². The monoisotopic (exact) mass is 541 g/mol. The Balaban J connectivity index is 1.51. The highest BCUT2D eigenvalue weighted by atomic mass is 32.2. The maximum atomic E-state index is 12.8. The van der Waals surface area contributed by atoms with Crippen LogP contribution in [-0.2, 0) is 38.9 Å². The van der Waals surface area contributed by atoms with E-state index >= 15 is 0 Å². The van der Waals surface area contributed by atoms with Gasteiger partial charge in [0.25, 0.3) is 0 Å². The van der Waals surface area contributed by atoms with Crippen LogP contribution in [0.4, 0.5) is 0 Å². The summed E-state index contributed by atoms with van der Waals surface area (Å²) in [5.74, 6) is -0.449. The van der Waals surface area contributed by atoms with E-state index in [0.29, 0.717) is 0 Å². The molecule has 0 saturated carbocycles. The van der Waals surface area contributed by atoms with Crippen LogP contribution >= 0.6 is 0 Å². The molecule has 2 aromatic heterocycles. The number of aryl methyl sites for hydroxylation is 2. The number of nitrogens with one attached hydrogen (secondary N) is 2. The lowest BCUT2D eigenvalue weighted by molar-refractivity contribution is -0.154. The van der Waals surface area contributed by atoms with Crippen LogP contribution in [0.3, 0.4) is 0 Å². The van der Waals surface area contributed by atoms with Crippen molar-refractivity contribution in [2.75, 3.05) is 6.54 Å². The topological polar surface area (TPSA) is 119 Å². The number of hydrogen-bond donors (Lipinski definition) is 2. The van der Waals surface area contributed by atoms with Crippen LogP contribution < -0.4 is 4.72 Å². The van der Waals surface area contributed by atoms with E-state index in [0.717, 1.165) is 54.0 Å². The number of carbonyl (C=O) groups excluding carboxylic acids is 1. The third-order valence-electron chi connectivity index (χ3n) is 6.82. The van der Waals surface area contributed by atoms with Crippen LogP contribution in [0.5, 0.6) is 0 Å². The maximum absolute atomic E-state index is 12.8. The summed E-state index contributed by atoms with van der Waals surface area (Å²) < 4.78 is 35.4. The molecule has 1 aromatic carbocycles. The zero-order valence-corrected chi connectivity index (χ0v) is 24.3. The van der Waals surface area contributed by atoms with Crippen molar-refractivity contribution in [1.82, 2.24) is 24.7 Å². The van der Waals surface area contributed by atoms with Gasteiger partial charge in [0.05, 0.1) is 22.7 Å². The smallest absolute Gasteiger partial charge is 0.307 e. The lowest BCUT2D eigenvalue weighted by Gasteiger charge is -2.30. The van der Waals surface area contributed by atoms with E-state index in [1.165, 1.54) is 11.3 Å². The maximum Gasteiger partial charge on any atom is 0.307 e. The number of hydrogen-bond acceptors (Lipinski definition) is 6. The Hall–Kier alpha value is -2.98. The van der Waals surface area contributed by atoms with E-state index in [-0.39, 0.29) is 23.3 Å². The molecule has 4 rings (SSSR count). The molecule has 0 radical (unpaired) electrons. The Bertz CT molecular complexity index is 1440. The minimum absolute atomic E-state index is 0.0350. The molecule has 0 aliphatic heterocycles. The second-order valence-corrected chi connectivity index (χ2v) is 13.6. The molecular weight excluding hydrogens is 502 g/mol. The number of rotatable bonds is 8. The summed E-state index contributed by atoms with van der Waals surface area (Å²) in [4.78, 5) is 12.0. The lowest BCUT2D eigenvalue weighted by atomic mass is 9.76. The Morgan fingerprint density at radius 2 is 1.97 bits per heavy atom. The number of nitrogens with zero attached hydrogens (tertiary/aromatic N) is 3. The van der Waals surface area contributed by atoms with E-state index in [2.05, 4.69) is 40.4 Å². The quantitative estimate of drug-likeness (QED) is 0.396. The summed E-state index contributed by atoms with van der Waals surface area (Å²) in [5.41, 5.74) is 6.41. The third kappa shape index (κ3) is 6.18. The second-order valence-electron chi connectivity index (χ2n) is 11.8. The van der Waals surface area contributed by atoms with Gasteiger partial charge in [0.2, 0.25) is 10.0 Å². The molecule has 1 aliphatic rings. The number of esters is 1. The first-order valence-corrected chi connectivity index (χ1v) is 14.6. The highest BCUT2D eigenvalue weighted by molar-refractivity contribution is 7.89. The van der Waals surface area contributed by atoms with Gasteiger partial charge in [-0.25, -0.2) is 13.1 Å². The first-order chi connectivity index (χ1) is 17.7. The number of aromatic amines is 1. The summed E-state index contributed by atoms with van der Waals surface area (Å²) in [7, 11) is -3.78. The largest absolute Gasteiger partial charge is 0.460 e. The standard InChI is InChI=1S/C28H39N5O4S/c1-8-33-24-17-28(6,7)13-11-21(24)26(32-33)23-16-22(30-31-23)20-10-9-19(15-18(20)2)38(35,36)29-14-12-25(34)37-27(3,4)5/h9-10,15-16,29H,8,11-14,17H2,1-7H3,(H,30,31). The molecule has 0 saturated heterocycles. The third-order valence-corrected chi connectivity index (χ3v) is 8.28. The molecule has 2 N–H and O–H groups in total. The van der Waals surface area contributed by atoms with Gasteiger partial charge in [-0.3, -0.25) is 14.6 Å². The van der Waals surface area contributed by atoms with Gasteiger partial charge >= 0.3 is 5.97 Å². The van der Waals surface area contributed by atoms with Crippen molar-refractivity contribution >= 4 is 16.0 Å². The van der Waals surface area contributed by atoms with Gasteiger partial charge in [0.1, 0.15) is 11.3 Å². The predicted molar refractivity (Wildman–Crippen MR) is 147 cm³/mol. The highest BCUT2D eigenvalue weighted by Gasteiger charge is 2.31. The highest BCUT2D eigenvalue weighted by Crippen LogP contribution is 2.39. The van der Waals surface area contributed by atoms with E-state index in [4.69, 9.17) is 9.84 Å². The Morgan fingerprint density at radius 1 is 1.24 bits per heavy atom. The molecular formula is C28H39N5O4S. The van der Waals surface area contributed by atoms with Crippen LogP contribution in [-0.4, -0.2) is 46.5 Å². The van der Waals surface area contributed by atoms with E-state index < -0.39 is 21.6 Å². The average molecular weight is 542 g/mol. The van der Waals surface area contributed by atoms with Crippen molar-refractivity contribution in [1.29, 1.82) is 0 Å². The minimum Gasteiger partial charge on any atom is -0.460 e. The predicted octanol–water partition coefficient (Wildman–Crippen LogP) is 4.79. The molecule has 10 heteroatoms. The van der Waals surface area contributed by atoms with E-state index in [1.807, 2.05) is 13.0 Å². The molecule has 0 unspecified atom stereocenters. The second kappa shape index (κ2) is 10.3. The van der Waals surface area contributed by atoms with Crippen molar-refractivity contribution in [3.05, 3.63) is 41.1 Å². The summed E-state index contributed by atoms with van der Waals surface area (Å²) in [6, 6.07) is 6.93.